The fraction of sp³-hybridized carbons (Fsp3) is 0.308. The van der Waals surface area contributed by atoms with E-state index in [0.717, 1.165) is 0 Å². The van der Waals surface area contributed by atoms with Crippen LogP contribution in [0.4, 0.5) is 10.1 Å². The molecule has 0 saturated heterocycles. The average Bonchev–Trinajstić information content (AvgIpc) is 2.37. The molecule has 0 saturated carbocycles. The van der Waals surface area contributed by atoms with Gasteiger partial charge in [0.05, 0.1) is 24.1 Å². The van der Waals surface area contributed by atoms with Crippen LogP contribution >= 0.6 is 0 Å². The molecule has 0 bridgehead atoms. The van der Waals surface area contributed by atoms with Crippen molar-refractivity contribution < 1.29 is 18.7 Å². The van der Waals surface area contributed by atoms with Crippen molar-refractivity contribution in [1.82, 2.24) is 0 Å². The highest BCUT2D eigenvalue weighted by Crippen LogP contribution is 2.28. The van der Waals surface area contributed by atoms with E-state index in [1.807, 2.05) is 6.92 Å². The third-order valence-corrected chi connectivity index (χ3v) is 2.84. The van der Waals surface area contributed by atoms with Gasteiger partial charge >= 0.3 is 5.97 Å². The highest BCUT2D eigenvalue weighted by molar-refractivity contribution is 6.41. The first kappa shape index (κ1) is 12.4. The van der Waals surface area contributed by atoms with Crippen molar-refractivity contribution in [1.29, 1.82) is 0 Å². The van der Waals surface area contributed by atoms with Crippen LogP contribution in [0.1, 0.15) is 29.3 Å². The Kier molecular flexibility index (Phi) is 3.23. The van der Waals surface area contributed by atoms with E-state index < -0.39 is 11.8 Å². The van der Waals surface area contributed by atoms with Crippen LogP contribution in [0, 0.1) is 5.82 Å². The summed E-state index contributed by atoms with van der Waals surface area (Å²) < 4.78 is 18.2. The quantitative estimate of drug-likeness (QED) is 0.755. The van der Waals surface area contributed by atoms with Crippen LogP contribution < -0.4 is 0 Å². The van der Waals surface area contributed by atoms with Gasteiger partial charge in [-0.05, 0) is 18.1 Å². The summed E-state index contributed by atoms with van der Waals surface area (Å²) >= 11 is 0. The third-order valence-electron chi connectivity index (χ3n) is 2.84. The summed E-state index contributed by atoms with van der Waals surface area (Å²) in [5.74, 6) is -1.53. The van der Waals surface area contributed by atoms with E-state index in [-0.39, 0.29) is 17.8 Å². The first-order valence-corrected chi connectivity index (χ1v) is 5.58. The molecule has 4 nitrogen and oxygen atoms in total. The minimum absolute atomic E-state index is 0.0903. The first-order valence-electron chi connectivity index (χ1n) is 5.58. The Hall–Kier alpha value is -2.04. The Morgan fingerprint density at radius 2 is 2.22 bits per heavy atom. The summed E-state index contributed by atoms with van der Waals surface area (Å²) in [4.78, 5) is 27.1. The van der Waals surface area contributed by atoms with Gasteiger partial charge in [-0.15, -0.1) is 0 Å². The highest BCUT2D eigenvalue weighted by atomic mass is 19.1. The standard InChI is InChI=1S/C13H12FNO3/c1-3-10-12(16)5-7-4-8(13(17)18-2)9(14)6-11(7)15-10/h4,6H,3,5H2,1-2H3. The summed E-state index contributed by atoms with van der Waals surface area (Å²) in [7, 11) is 1.18. The number of ketones is 1. The largest absolute Gasteiger partial charge is 0.465 e. The van der Waals surface area contributed by atoms with Crippen molar-refractivity contribution in [2.45, 2.75) is 19.8 Å². The zero-order valence-electron chi connectivity index (χ0n) is 10.1. The second-order valence-corrected chi connectivity index (χ2v) is 3.96. The molecule has 0 aromatic heterocycles. The van der Waals surface area contributed by atoms with Gasteiger partial charge in [0.15, 0.2) is 5.78 Å². The smallest absolute Gasteiger partial charge is 0.340 e. The number of halogens is 1. The molecule has 94 valence electrons. The summed E-state index contributed by atoms with van der Waals surface area (Å²) in [6, 6.07) is 2.51. The molecular weight excluding hydrogens is 237 g/mol. The zero-order chi connectivity index (χ0) is 13.3. The van der Waals surface area contributed by atoms with Gasteiger partial charge in [-0.3, -0.25) is 4.79 Å². The third kappa shape index (κ3) is 2.03. The summed E-state index contributed by atoms with van der Waals surface area (Å²) in [5, 5.41) is 0. The lowest BCUT2D eigenvalue weighted by molar-refractivity contribution is -0.112. The number of carbonyl (C=O) groups is 2. The number of hydrogen-bond donors (Lipinski definition) is 0. The molecule has 1 heterocycles. The van der Waals surface area contributed by atoms with Gasteiger partial charge < -0.3 is 4.74 Å². The Bertz CT molecular complexity index is 564. The van der Waals surface area contributed by atoms with Crippen molar-refractivity contribution in [2.24, 2.45) is 4.99 Å². The molecule has 1 aliphatic heterocycles. The summed E-state index contributed by atoms with van der Waals surface area (Å²) in [5.41, 5.74) is 1.24. The fourth-order valence-electron chi connectivity index (χ4n) is 1.88. The van der Waals surface area contributed by atoms with Gasteiger partial charge in [0.25, 0.3) is 0 Å². The molecule has 0 spiro atoms. The van der Waals surface area contributed by atoms with E-state index in [1.54, 1.807) is 0 Å². The van der Waals surface area contributed by atoms with Crippen LogP contribution in [0.3, 0.4) is 0 Å². The Balaban J connectivity index is 2.53. The van der Waals surface area contributed by atoms with Gasteiger partial charge in [0.2, 0.25) is 0 Å². The van der Waals surface area contributed by atoms with Gasteiger partial charge in [-0.25, -0.2) is 14.2 Å². The number of rotatable bonds is 2. The van der Waals surface area contributed by atoms with Crippen molar-refractivity contribution in [2.75, 3.05) is 7.11 Å². The maximum atomic E-state index is 13.7. The van der Waals surface area contributed by atoms with E-state index in [2.05, 4.69) is 9.73 Å². The number of benzene rings is 1. The van der Waals surface area contributed by atoms with Crippen molar-refractivity contribution in [3.63, 3.8) is 0 Å². The zero-order valence-corrected chi connectivity index (χ0v) is 10.1. The maximum absolute atomic E-state index is 13.7. The molecule has 0 amide bonds. The Morgan fingerprint density at radius 1 is 1.50 bits per heavy atom. The number of carbonyl (C=O) groups excluding carboxylic acids is 2. The van der Waals surface area contributed by atoms with Gasteiger partial charge in [0, 0.05) is 12.5 Å². The fourth-order valence-corrected chi connectivity index (χ4v) is 1.88. The molecule has 0 unspecified atom stereocenters. The van der Waals surface area contributed by atoms with Crippen molar-refractivity contribution in [3.8, 4) is 0 Å². The first-order chi connectivity index (χ1) is 8.56. The van der Waals surface area contributed by atoms with E-state index in [1.165, 1.54) is 19.2 Å². The number of aliphatic imine (C=N–C) groups is 1. The predicted molar refractivity (Wildman–Crippen MR) is 63.8 cm³/mol. The predicted octanol–water partition coefficient (Wildman–Crippen LogP) is 2.22. The molecule has 0 N–H and O–H groups in total. The SMILES string of the molecule is CCC1=Nc2cc(F)c(C(=O)OC)cc2CC1=O. The minimum Gasteiger partial charge on any atom is -0.465 e. The summed E-state index contributed by atoms with van der Waals surface area (Å²) in [6.07, 6.45) is 0.658. The topological polar surface area (TPSA) is 55.7 Å². The second kappa shape index (κ2) is 4.68. The molecule has 1 aromatic carbocycles. The monoisotopic (exact) mass is 249 g/mol. The van der Waals surface area contributed by atoms with Gasteiger partial charge in [-0.1, -0.05) is 6.92 Å². The van der Waals surface area contributed by atoms with E-state index in [9.17, 15) is 14.0 Å². The average molecular weight is 249 g/mol. The number of esters is 1. The molecule has 0 fully saturated rings. The Labute approximate surface area is 103 Å². The molecule has 1 aliphatic rings. The van der Waals surface area contributed by atoms with Crippen molar-refractivity contribution >= 4 is 23.2 Å². The van der Waals surface area contributed by atoms with Gasteiger partial charge in [-0.2, -0.15) is 0 Å². The van der Waals surface area contributed by atoms with Crippen LogP contribution in [-0.2, 0) is 16.0 Å². The van der Waals surface area contributed by atoms with Crippen LogP contribution in [0.5, 0.6) is 0 Å². The molecular formula is C13H12FNO3. The molecule has 0 radical (unpaired) electrons. The number of nitrogens with zero attached hydrogens (tertiary/aromatic N) is 1. The van der Waals surface area contributed by atoms with Crippen LogP contribution in [-0.4, -0.2) is 24.6 Å². The van der Waals surface area contributed by atoms with E-state index in [4.69, 9.17) is 0 Å². The van der Waals surface area contributed by atoms with E-state index in [0.29, 0.717) is 23.4 Å². The summed E-state index contributed by atoms with van der Waals surface area (Å²) in [6.45, 7) is 1.82. The van der Waals surface area contributed by atoms with Crippen LogP contribution in [0.15, 0.2) is 17.1 Å². The number of hydrogen-bond acceptors (Lipinski definition) is 4. The Morgan fingerprint density at radius 3 is 2.83 bits per heavy atom. The number of fused-ring (bicyclic) bond motifs is 1. The number of Topliss-reactive ketones (excluding diaryl/α,β-unsaturated/α-hetero) is 1. The maximum Gasteiger partial charge on any atom is 0.340 e. The number of ether oxygens (including phenoxy) is 1. The van der Waals surface area contributed by atoms with Crippen LogP contribution in [0.25, 0.3) is 0 Å². The molecule has 0 aliphatic carbocycles. The molecule has 5 heteroatoms. The highest BCUT2D eigenvalue weighted by Gasteiger charge is 2.23. The normalized spacial score (nSPS) is 13.9. The minimum atomic E-state index is -0.756. The second-order valence-electron chi connectivity index (χ2n) is 3.96. The van der Waals surface area contributed by atoms with E-state index >= 15 is 0 Å². The lowest BCUT2D eigenvalue weighted by atomic mass is 9.97. The lowest BCUT2D eigenvalue weighted by Gasteiger charge is -2.14. The van der Waals surface area contributed by atoms with Crippen molar-refractivity contribution in [3.05, 3.63) is 29.1 Å². The molecule has 1 aromatic rings. The van der Waals surface area contributed by atoms with Gasteiger partial charge in [0.1, 0.15) is 5.82 Å². The lowest BCUT2D eigenvalue weighted by Crippen LogP contribution is -2.20. The molecule has 18 heavy (non-hydrogen) atoms. The molecule has 2 rings (SSSR count). The molecule has 0 atom stereocenters. The number of methoxy groups -OCH3 is 1. The van der Waals surface area contributed by atoms with Crippen LogP contribution in [0.2, 0.25) is 0 Å².